The number of rotatable bonds is 4. The first-order chi connectivity index (χ1) is 10.9. The smallest absolute Gasteiger partial charge is 0.325 e. The normalized spacial score (nSPS) is 10.9. The van der Waals surface area contributed by atoms with Gasteiger partial charge in [-0.05, 0) is 36.4 Å². The highest BCUT2D eigenvalue weighted by molar-refractivity contribution is 7.99. The van der Waals surface area contributed by atoms with E-state index >= 15 is 0 Å². The van der Waals surface area contributed by atoms with E-state index in [1.54, 1.807) is 24.3 Å². The number of nitriles is 1. The largest absolute Gasteiger partial charge is 0.417 e. The van der Waals surface area contributed by atoms with Gasteiger partial charge in [0.25, 0.3) is 0 Å². The van der Waals surface area contributed by atoms with Crippen LogP contribution in [0.2, 0.25) is 0 Å². The van der Waals surface area contributed by atoms with Gasteiger partial charge in [-0.15, -0.1) is 0 Å². The predicted molar refractivity (Wildman–Crippen MR) is 79.7 cm³/mol. The van der Waals surface area contributed by atoms with Crippen molar-refractivity contribution in [2.24, 2.45) is 0 Å². The van der Waals surface area contributed by atoms with Gasteiger partial charge in [0.05, 0.1) is 28.0 Å². The van der Waals surface area contributed by atoms with Crippen molar-refractivity contribution in [3.05, 3.63) is 53.7 Å². The molecule has 0 saturated heterocycles. The summed E-state index contributed by atoms with van der Waals surface area (Å²) in [5.74, 6) is -0.306. The number of hydrogen-bond acceptors (Lipinski definition) is 4. The van der Waals surface area contributed by atoms with Crippen molar-refractivity contribution in [3.63, 3.8) is 0 Å². The summed E-state index contributed by atoms with van der Waals surface area (Å²) < 4.78 is 37.2. The van der Waals surface area contributed by atoms with Crippen LogP contribution in [0.25, 0.3) is 0 Å². The summed E-state index contributed by atoms with van der Waals surface area (Å²) in [5.41, 5.74) is 0.185. The molecule has 0 aliphatic rings. The number of thioether (sulfide) groups is 1. The summed E-state index contributed by atoms with van der Waals surface area (Å²) in [4.78, 5) is 15.4. The van der Waals surface area contributed by atoms with Crippen molar-refractivity contribution in [1.29, 1.82) is 5.26 Å². The van der Waals surface area contributed by atoms with Crippen molar-refractivity contribution in [3.8, 4) is 6.07 Å². The second kappa shape index (κ2) is 7.15. The molecule has 118 valence electrons. The fourth-order valence-corrected chi connectivity index (χ4v) is 2.24. The molecule has 2 aromatic rings. The average Bonchev–Trinajstić information content (AvgIpc) is 2.53. The number of nitrogens with one attached hydrogen (secondary N) is 1. The van der Waals surface area contributed by atoms with Gasteiger partial charge in [0, 0.05) is 11.9 Å². The Kier molecular flexibility index (Phi) is 5.24. The molecule has 1 aromatic carbocycles. The van der Waals surface area contributed by atoms with E-state index in [4.69, 9.17) is 5.26 Å². The molecule has 0 aliphatic carbocycles. The first kappa shape index (κ1) is 16.8. The van der Waals surface area contributed by atoms with Gasteiger partial charge in [-0.2, -0.15) is 18.4 Å². The standard InChI is InChI=1S/C15H10F3N3OS/c16-15(17,18)11-3-6-14(20-8-11)23-9-13(22)21-12-4-1-10(7-19)2-5-12/h1-6,8H,9H2,(H,21,22). The minimum atomic E-state index is -4.43. The van der Waals surface area contributed by atoms with E-state index in [1.807, 2.05) is 6.07 Å². The van der Waals surface area contributed by atoms with Crippen molar-refractivity contribution >= 4 is 23.4 Å². The Morgan fingerprint density at radius 3 is 2.43 bits per heavy atom. The lowest BCUT2D eigenvalue weighted by molar-refractivity contribution is -0.137. The van der Waals surface area contributed by atoms with E-state index < -0.39 is 11.7 Å². The number of aromatic nitrogens is 1. The highest BCUT2D eigenvalue weighted by atomic mass is 32.2. The minimum Gasteiger partial charge on any atom is -0.325 e. The van der Waals surface area contributed by atoms with Gasteiger partial charge in [0.15, 0.2) is 0 Å². The number of carbonyl (C=O) groups is 1. The molecule has 1 N–H and O–H groups in total. The number of carbonyl (C=O) groups excluding carboxylic acids is 1. The van der Waals surface area contributed by atoms with Gasteiger partial charge >= 0.3 is 6.18 Å². The predicted octanol–water partition coefficient (Wildman–Crippen LogP) is 3.70. The lowest BCUT2D eigenvalue weighted by Gasteiger charge is -2.07. The van der Waals surface area contributed by atoms with Crippen LogP contribution in [0.1, 0.15) is 11.1 Å². The molecule has 0 bridgehead atoms. The average molecular weight is 337 g/mol. The van der Waals surface area contributed by atoms with Gasteiger partial charge in [0.2, 0.25) is 5.91 Å². The summed E-state index contributed by atoms with van der Waals surface area (Å²) in [6.07, 6.45) is -3.69. The Morgan fingerprint density at radius 1 is 1.22 bits per heavy atom. The highest BCUT2D eigenvalue weighted by Crippen LogP contribution is 2.29. The fraction of sp³-hybridized carbons (Fsp3) is 0.133. The lowest BCUT2D eigenvalue weighted by Crippen LogP contribution is -2.14. The molecule has 0 aliphatic heterocycles. The summed E-state index contributed by atoms with van der Waals surface area (Å²) in [7, 11) is 0. The third kappa shape index (κ3) is 5.00. The molecule has 0 fully saturated rings. The Bertz CT molecular complexity index is 722. The first-order valence-electron chi connectivity index (χ1n) is 6.34. The molecule has 0 unspecified atom stereocenters. The number of pyridine rings is 1. The monoisotopic (exact) mass is 337 g/mol. The fourth-order valence-electron chi connectivity index (χ4n) is 1.60. The molecule has 8 heteroatoms. The van der Waals surface area contributed by atoms with Gasteiger partial charge in [-0.3, -0.25) is 4.79 Å². The van der Waals surface area contributed by atoms with Crippen LogP contribution in [-0.4, -0.2) is 16.6 Å². The number of benzene rings is 1. The maximum Gasteiger partial charge on any atom is 0.417 e. The van der Waals surface area contributed by atoms with E-state index in [1.165, 1.54) is 6.07 Å². The van der Waals surface area contributed by atoms with Crippen molar-refractivity contribution in [2.75, 3.05) is 11.1 Å². The summed E-state index contributed by atoms with van der Waals surface area (Å²) >= 11 is 1.03. The van der Waals surface area contributed by atoms with E-state index in [0.29, 0.717) is 16.3 Å². The second-order valence-corrected chi connectivity index (χ2v) is 5.40. The number of alkyl halides is 3. The maximum absolute atomic E-state index is 12.4. The van der Waals surface area contributed by atoms with Crippen LogP contribution in [-0.2, 0) is 11.0 Å². The van der Waals surface area contributed by atoms with Crippen molar-refractivity contribution < 1.29 is 18.0 Å². The zero-order valence-electron chi connectivity index (χ0n) is 11.6. The third-order valence-corrected chi connectivity index (χ3v) is 3.66. The molecular weight excluding hydrogens is 327 g/mol. The molecule has 4 nitrogen and oxygen atoms in total. The van der Waals surface area contributed by atoms with Gasteiger partial charge in [-0.1, -0.05) is 11.8 Å². The molecule has 1 heterocycles. The molecule has 0 spiro atoms. The van der Waals surface area contributed by atoms with Gasteiger partial charge < -0.3 is 5.32 Å². The van der Waals surface area contributed by atoms with Crippen LogP contribution in [0, 0.1) is 11.3 Å². The van der Waals surface area contributed by atoms with Crippen molar-refractivity contribution in [2.45, 2.75) is 11.2 Å². The number of nitrogens with zero attached hydrogens (tertiary/aromatic N) is 2. The topological polar surface area (TPSA) is 65.8 Å². The summed E-state index contributed by atoms with van der Waals surface area (Å²) in [6.45, 7) is 0. The van der Waals surface area contributed by atoms with E-state index in [2.05, 4.69) is 10.3 Å². The molecule has 0 radical (unpaired) electrons. The van der Waals surface area contributed by atoms with Crippen LogP contribution in [0.5, 0.6) is 0 Å². The molecule has 0 atom stereocenters. The lowest BCUT2D eigenvalue weighted by atomic mass is 10.2. The number of hydrogen-bond donors (Lipinski definition) is 1. The molecule has 23 heavy (non-hydrogen) atoms. The van der Waals surface area contributed by atoms with Crippen molar-refractivity contribution in [1.82, 2.24) is 4.98 Å². The summed E-state index contributed by atoms with van der Waals surface area (Å²) in [5, 5.41) is 11.6. The van der Waals surface area contributed by atoms with Crippen LogP contribution in [0.4, 0.5) is 18.9 Å². The third-order valence-electron chi connectivity index (χ3n) is 2.71. The Labute approximate surface area is 134 Å². The maximum atomic E-state index is 12.4. The Balaban J connectivity index is 1.87. The zero-order chi connectivity index (χ0) is 16.9. The number of anilines is 1. The SMILES string of the molecule is N#Cc1ccc(NC(=O)CSc2ccc(C(F)(F)F)cn2)cc1. The van der Waals surface area contributed by atoms with E-state index in [0.717, 1.165) is 24.0 Å². The second-order valence-electron chi connectivity index (χ2n) is 4.41. The molecule has 0 saturated carbocycles. The van der Waals surface area contributed by atoms with E-state index in [9.17, 15) is 18.0 Å². The number of amides is 1. The van der Waals surface area contributed by atoms with Gasteiger partial charge in [-0.25, -0.2) is 4.98 Å². The highest BCUT2D eigenvalue weighted by Gasteiger charge is 2.30. The molecule has 1 amide bonds. The quantitative estimate of drug-likeness (QED) is 0.864. The Hall–Kier alpha value is -2.53. The van der Waals surface area contributed by atoms with Crippen LogP contribution in [0.15, 0.2) is 47.6 Å². The first-order valence-corrected chi connectivity index (χ1v) is 7.33. The van der Waals surface area contributed by atoms with Crippen LogP contribution < -0.4 is 5.32 Å². The zero-order valence-corrected chi connectivity index (χ0v) is 12.4. The van der Waals surface area contributed by atoms with E-state index in [-0.39, 0.29) is 11.7 Å². The molecule has 1 aromatic heterocycles. The minimum absolute atomic E-state index is 0.0123. The molecule has 2 rings (SSSR count). The van der Waals surface area contributed by atoms with Crippen LogP contribution in [0.3, 0.4) is 0 Å². The molecular formula is C15H10F3N3OS. The summed E-state index contributed by atoms with van der Waals surface area (Å²) in [6, 6.07) is 10.4. The van der Waals surface area contributed by atoms with Gasteiger partial charge in [0.1, 0.15) is 0 Å². The van der Waals surface area contributed by atoms with Crippen LogP contribution >= 0.6 is 11.8 Å². The number of halogens is 3. The Morgan fingerprint density at radius 2 is 1.91 bits per heavy atom.